The van der Waals surface area contributed by atoms with Gasteiger partial charge >= 0.3 is 0 Å². The van der Waals surface area contributed by atoms with E-state index in [4.69, 9.17) is 4.99 Å². The van der Waals surface area contributed by atoms with E-state index in [1.807, 2.05) is 12.5 Å². The van der Waals surface area contributed by atoms with Crippen LogP contribution in [0.2, 0.25) is 0 Å². The average Bonchev–Trinajstić information content (AvgIpc) is 3.01. The summed E-state index contributed by atoms with van der Waals surface area (Å²) in [6.45, 7) is 0.948. The lowest BCUT2D eigenvalue weighted by Gasteiger charge is -2.34. The highest BCUT2D eigenvalue weighted by Gasteiger charge is 2.35. The molecule has 3 heterocycles. The quantitative estimate of drug-likeness (QED) is 0.795. The molecule has 5 rings (SSSR count). The Balaban J connectivity index is 1.29. The summed E-state index contributed by atoms with van der Waals surface area (Å²) in [5, 5.41) is 6.82. The van der Waals surface area contributed by atoms with Crippen molar-refractivity contribution >= 4 is 12.1 Å². The maximum Gasteiger partial charge on any atom is 0.149 e. The summed E-state index contributed by atoms with van der Waals surface area (Å²) >= 11 is 0. The van der Waals surface area contributed by atoms with Crippen LogP contribution < -0.4 is 0 Å². The lowest BCUT2D eigenvalue weighted by molar-refractivity contribution is 0.179. The van der Waals surface area contributed by atoms with E-state index < -0.39 is 0 Å². The van der Waals surface area contributed by atoms with Gasteiger partial charge in [-0.15, -0.1) is 0 Å². The van der Waals surface area contributed by atoms with Crippen molar-refractivity contribution in [3.8, 4) is 0 Å². The topological polar surface area (TPSA) is 44.1 Å². The van der Waals surface area contributed by atoms with E-state index in [2.05, 4.69) is 32.1 Å². The molecule has 1 aromatic rings. The highest BCUT2D eigenvalue weighted by molar-refractivity contribution is 5.98. The molecule has 0 spiro atoms. The third kappa shape index (κ3) is 3.07. The van der Waals surface area contributed by atoms with Crippen LogP contribution in [-0.2, 0) is 0 Å². The molecule has 1 unspecified atom stereocenters. The van der Waals surface area contributed by atoms with Gasteiger partial charge in [0.15, 0.2) is 0 Å². The molecular weight excluding hydrogens is 341 g/mol. The van der Waals surface area contributed by atoms with Crippen LogP contribution in [0.5, 0.6) is 0 Å². The minimum atomic E-state index is -0.177. The summed E-state index contributed by atoms with van der Waals surface area (Å²) in [5.74, 6) is 1.60. The molecule has 4 aliphatic rings. The van der Waals surface area contributed by atoms with Crippen LogP contribution in [0.15, 0.2) is 52.6 Å². The monoisotopic (exact) mass is 365 g/mol. The first-order chi connectivity index (χ1) is 13.3. The van der Waals surface area contributed by atoms with E-state index in [-0.39, 0.29) is 11.7 Å². The van der Waals surface area contributed by atoms with Gasteiger partial charge in [-0.1, -0.05) is 6.08 Å². The van der Waals surface area contributed by atoms with Gasteiger partial charge in [-0.2, -0.15) is 5.10 Å². The van der Waals surface area contributed by atoms with Crippen molar-refractivity contribution in [2.75, 3.05) is 6.54 Å². The number of hydrogen-bond acceptors (Lipinski definition) is 5. The van der Waals surface area contributed by atoms with Crippen LogP contribution in [0, 0.1) is 11.7 Å². The molecule has 0 N–H and O–H groups in total. The van der Waals surface area contributed by atoms with Crippen LogP contribution in [-0.4, -0.2) is 39.5 Å². The minimum absolute atomic E-state index is 0.177. The fourth-order valence-corrected chi connectivity index (χ4v) is 4.70. The van der Waals surface area contributed by atoms with Crippen molar-refractivity contribution in [2.45, 2.75) is 50.5 Å². The van der Waals surface area contributed by atoms with Crippen LogP contribution in [0.25, 0.3) is 0 Å². The molecule has 0 amide bonds. The molecule has 0 saturated heterocycles. The molecule has 0 radical (unpaired) electrons. The van der Waals surface area contributed by atoms with E-state index in [1.54, 1.807) is 12.3 Å². The smallest absolute Gasteiger partial charge is 0.149 e. The Morgan fingerprint density at radius 3 is 2.81 bits per heavy atom. The lowest BCUT2D eigenvalue weighted by atomic mass is 9.83. The van der Waals surface area contributed by atoms with Gasteiger partial charge in [0.1, 0.15) is 18.0 Å². The molecule has 2 aliphatic carbocycles. The highest BCUT2D eigenvalue weighted by Crippen LogP contribution is 2.38. The largest absolute Gasteiger partial charge is 0.314 e. The van der Waals surface area contributed by atoms with Crippen molar-refractivity contribution in [1.82, 2.24) is 14.9 Å². The van der Waals surface area contributed by atoms with Gasteiger partial charge in [-0.05, 0) is 56.7 Å². The maximum absolute atomic E-state index is 14.1. The number of hydrazone groups is 1. The van der Waals surface area contributed by atoms with E-state index in [1.165, 1.54) is 11.8 Å². The zero-order valence-corrected chi connectivity index (χ0v) is 15.3. The first kappa shape index (κ1) is 16.7. The Morgan fingerprint density at radius 2 is 1.96 bits per heavy atom. The van der Waals surface area contributed by atoms with E-state index in [0.717, 1.165) is 50.9 Å². The Labute approximate surface area is 159 Å². The summed E-state index contributed by atoms with van der Waals surface area (Å²) in [6.07, 6.45) is 16.1. The third-order valence-corrected chi connectivity index (χ3v) is 6.20. The fraction of sp³-hybridized carbons (Fsp3) is 0.476. The van der Waals surface area contributed by atoms with Gasteiger partial charge < -0.3 is 4.90 Å². The summed E-state index contributed by atoms with van der Waals surface area (Å²) in [6, 6.07) is 3.52. The zero-order chi connectivity index (χ0) is 18.2. The van der Waals surface area contributed by atoms with Crippen LogP contribution in [0.1, 0.15) is 50.1 Å². The van der Waals surface area contributed by atoms with E-state index >= 15 is 0 Å². The number of allylic oxidation sites excluding steroid dienone is 2. The van der Waals surface area contributed by atoms with Gasteiger partial charge in [0, 0.05) is 30.3 Å². The number of rotatable bonds is 2. The lowest BCUT2D eigenvalue weighted by Crippen LogP contribution is -2.36. The molecule has 6 heteroatoms. The van der Waals surface area contributed by atoms with Crippen molar-refractivity contribution in [3.05, 3.63) is 54.0 Å². The van der Waals surface area contributed by atoms with Gasteiger partial charge in [0.2, 0.25) is 0 Å². The molecule has 5 nitrogen and oxygen atoms in total. The number of aliphatic imine (C=N–C) groups is 1. The first-order valence-corrected chi connectivity index (χ1v) is 9.94. The molecule has 27 heavy (non-hydrogen) atoms. The van der Waals surface area contributed by atoms with Crippen molar-refractivity contribution in [2.24, 2.45) is 16.0 Å². The number of pyridine rings is 1. The Bertz CT molecular complexity index is 835. The van der Waals surface area contributed by atoms with Gasteiger partial charge in [0.05, 0.1) is 17.9 Å². The minimum Gasteiger partial charge on any atom is -0.314 e. The fourth-order valence-electron chi connectivity index (χ4n) is 4.70. The summed E-state index contributed by atoms with van der Waals surface area (Å²) < 4.78 is 14.1. The van der Waals surface area contributed by atoms with Crippen molar-refractivity contribution in [3.63, 3.8) is 0 Å². The first-order valence-electron chi connectivity index (χ1n) is 9.94. The summed E-state index contributed by atoms with van der Waals surface area (Å²) in [7, 11) is 0. The highest BCUT2D eigenvalue weighted by atomic mass is 19.1. The number of hydrogen-bond donors (Lipinski definition) is 0. The molecule has 0 bridgehead atoms. The van der Waals surface area contributed by atoms with Crippen molar-refractivity contribution in [1.29, 1.82) is 0 Å². The molecule has 1 saturated carbocycles. The third-order valence-electron chi connectivity index (χ3n) is 6.20. The standard InChI is InChI=1S/C21H24FN5/c22-18-5-3-11-23-21(18)15-7-9-17(10-8-15)27-20-12-24-19-6-2-1-4-16(19)13-26(20)14-25-27/h2-3,5-6,11-12,14-17H,1,4,7-10,13H2. The Hall–Kier alpha value is -2.50. The number of nitrogens with zero attached hydrogens (tertiary/aromatic N) is 5. The van der Waals surface area contributed by atoms with Crippen LogP contribution >= 0.6 is 0 Å². The second kappa shape index (κ2) is 6.91. The van der Waals surface area contributed by atoms with Crippen molar-refractivity contribution < 1.29 is 4.39 Å². The SMILES string of the molecule is Fc1cccnc1C1CCC(N2N=CN3CC4CCC=CC4=NC=C32)CC1. The second-order valence-electron chi connectivity index (χ2n) is 7.82. The Morgan fingerprint density at radius 1 is 1.07 bits per heavy atom. The number of fused-ring (bicyclic) bond motifs is 2. The Kier molecular flexibility index (Phi) is 4.26. The average molecular weight is 365 g/mol. The molecular formula is C21H24FN5. The predicted molar refractivity (Wildman–Crippen MR) is 104 cm³/mol. The van der Waals surface area contributed by atoms with E-state index in [0.29, 0.717) is 17.7 Å². The normalized spacial score (nSPS) is 29.7. The van der Waals surface area contributed by atoms with Gasteiger partial charge in [-0.25, -0.2) is 9.40 Å². The molecule has 0 aromatic carbocycles. The number of aromatic nitrogens is 1. The van der Waals surface area contributed by atoms with Gasteiger partial charge in [0.25, 0.3) is 0 Å². The molecule has 1 fully saturated rings. The van der Waals surface area contributed by atoms with Crippen LogP contribution in [0.3, 0.4) is 0 Å². The van der Waals surface area contributed by atoms with Crippen LogP contribution in [0.4, 0.5) is 4.39 Å². The molecule has 140 valence electrons. The molecule has 1 atom stereocenters. The molecule has 2 aliphatic heterocycles. The zero-order valence-electron chi connectivity index (χ0n) is 15.3. The number of halogens is 1. The maximum atomic E-state index is 14.1. The van der Waals surface area contributed by atoms with E-state index in [9.17, 15) is 4.39 Å². The second-order valence-corrected chi connectivity index (χ2v) is 7.82. The summed E-state index contributed by atoms with van der Waals surface area (Å²) in [4.78, 5) is 11.3. The summed E-state index contributed by atoms with van der Waals surface area (Å²) in [5.41, 5.74) is 1.81. The molecule has 1 aromatic heterocycles. The van der Waals surface area contributed by atoms with Gasteiger partial charge in [-0.3, -0.25) is 9.98 Å². The predicted octanol–water partition coefficient (Wildman–Crippen LogP) is 4.03.